The molecule has 29 heavy (non-hydrogen) atoms. The van der Waals surface area contributed by atoms with E-state index in [2.05, 4.69) is 0 Å². The maximum Gasteiger partial charge on any atom is 0.336 e. The Kier molecular flexibility index (Phi) is 7.59. The zero-order valence-corrected chi connectivity index (χ0v) is 17.6. The SMILES string of the molecule is CCCOc1ccc(C(=O)/C=C/c2cc(C)c(C(=O)O)c(C)c2OC(C)C)cc1. The summed E-state index contributed by atoms with van der Waals surface area (Å²) in [7, 11) is 0. The first-order valence-electron chi connectivity index (χ1n) is 9.74. The molecule has 0 atom stereocenters. The molecule has 1 N–H and O–H groups in total. The van der Waals surface area contributed by atoms with Crippen LogP contribution in [0.5, 0.6) is 11.5 Å². The lowest BCUT2D eigenvalue weighted by molar-refractivity contribution is 0.0694. The van der Waals surface area contributed by atoms with Gasteiger partial charge in [0, 0.05) is 16.7 Å². The highest BCUT2D eigenvalue weighted by molar-refractivity contribution is 6.07. The average molecular weight is 396 g/mol. The Morgan fingerprint density at radius 1 is 1.14 bits per heavy atom. The molecule has 5 nitrogen and oxygen atoms in total. The molecule has 0 bridgehead atoms. The minimum Gasteiger partial charge on any atom is -0.494 e. The summed E-state index contributed by atoms with van der Waals surface area (Å²) in [5.41, 5.74) is 2.63. The van der Waals surface area contributed by atoms with Crippen molar-refractivity contribution < 1.29 is 24.2 Å². The molecule has 2 aromatic carbocycles. The predicted octanol–water partition coefficient (Wildman–Crippen LogP) is 5.47. The van der Waals surface area contributed by atoms with Crippen molar-refractivity contribution in [2.75, 3.05) is 6.61 Å². The first-order chi connectivity index (χ1) is 13.7. The van der Waals surface area contributed by atoms with Crippen molar-refractivity contribution in [3.8, 4) is 11.5 Å². The standard InChI is InChI=1S/C24H28O5/c1-6-13-28-20-10-7-18(8-11-20)21(25)12-9-19-14-16(4)22(24(26)27)17(5)23(19)29-15(2)3/h7-12,14-15H,6,13H2,1-5H3,(H,26,27)/b12-9+. The number of carboxylic acid groups (broad SMARTS) is 1. The van der Waals surface area contributed by atoms with Crippen molar-refractivity contribution in [3.05, 3.63) is 64.2 Å². The van der Waals surface area contributed by atoms with Crippen molar-refractivity contribution in [3.63, 3.8) is 0 Å². The van der Waals surface area contributed by atoms with Crippen LogP contribution < -0.4 is 9.47 Å². The molecule has 0 aliphatic rings. The number of carbonyl (C=O) groups is 2. The third-order valence-electron chi connectivity index (χ3n) is 4.34. The van der Waals surface area contributed by atoms with Gasteiger partial charge in [-0.05, 0) is 82.2 Å². The molecule has 0 saturated heterocycles. The van der Waals surface area contributed by atoms with Gasteiger partial charge >= 0.3 is 5.97 Å². The van der Waals surface area contributed by atoms with Gasteiger partial charge in [0.2, 0.25) is 0 Å². The van der Waals surface area contributed by atoms with Crippen LogP contribution in [0, 0.1) is 13.8 Å². The fourth-order valence-corrected chi connectivity index (χ4v) is 3.04. The Bertz CT molecular complexity index is 908. The van der Waals surface area contributed by atoms with Crippen LogP contribution in [-0.2, 0) is 0 Å². The Morgan fingerprint density at radius 2 is 1.79 bits per heavy atom. The van der Waals surface area contributed by atoms with Gasteiger partial charge in [0.05, 0.1) is 18.3 Å². The van der Waals surface area contributed by atoms with E-state index in [0.717, 1.165) is 12.2 Å². The van der Waals surface area contributed by atoms with Gasteiger partial charge < -0.3 is 14.6 Å². The topological polar surface area (TPSA) is 72.8 Å². The Hall–Kier alpha value is -3.08. The Labute approximate surface area is 172 Å². The number of hydrogen-bond acceptors (Lipinski definition) is 4. The number of rotatable bonds is 9. The van der Waals surface area contributed by atoms with Crippen molar-refractivity contribution in [1.82, 2.24) is 0 Å². The highest BCUT2D eigenvalue weighted by Gasteiger charge is 2.19. The van der Waals surface area contributed by atoms with Crippen LogP contribution in [0.15, 0.2) is 36.4 Å². The molecule has 0 unspecified atom stereocenters. The van der Waals surface area contributed by atoms with Crippen molar-refractivity contribution in [2.45, 2.75) is 47.1 Å². The summed E-state index contributed by atoms with van der Waals surface area (Å²) in [6, 6.07) is 8.75. The lowest BCUT2D eigenvalue weighted by Gasteiger charge is -2.18. The number of aromatic carboxylic acids is 1. The quantitative estimate of drug-likeness (QED) is 0.449. The summed E-state index contributed by atoms with van der Waals surface area (Å²) in [6.45, 7) is 9.89. The van der Waals surface area contributed by atoms with Crippen molar-refractivity contribution >= 4 is 17.8 Å². The molecule has 5 heteroatoms. The van der Waals surface area contributed by atoms with Gasteiger partial charge in [-0.25, -0.2) is 4.79 Å². The zero-order chi connectivity index (χ0) is 21.6. The first kappa shape index (κ1) is 22.2. The molecule has 0 fully saturated rings. The number of hydrogen-bond donors (Lipinski definition) is 1. The van der Waals surface area contributed by atoms with Crippen molar-refractivity contribution in [2.24, 2.45) is 0 Å². The van der Waals surface area contributed by atoms with E-state index < -0.39 is 5.97 Å². The summed E-state index contributed by atoms with van der Waals surface area (Å²) in [6.07, 6.45) is 3.94. The van der Waals surface area contributed by atoms with Crippen LogP contribution in [0.1, 0.15) is 64.6 Å². The summed E-state index contributed by atoms with van der Waals surface area (Å²) in [5, 5.41) is 9.50. The fourth-order valence-electron chi connectivity index (χ4n) is 3.04. The number of aryl methyl sites for hydroxylation is 1. The molecule has 0 heterocycles. The maximum absolute atomic E-state index is 12.6. The van der Waals surface area contributed by atoms with E-state index in [0.29, 0.717) is 34.6 Å². The predicted molar refractivity (Wildman–Crippen MR) is 114 cm³/mol. The average Bonchev–Trinajstić information content (AvgIpc) is 2.66. The van der Waals surface area contributed by atoms with E-state index in [9.17, 15) is 14.7 Å². The molecule has 0 saturated carbocycles. The third kappa shape index (κ3) is 5.70. The van der Waals surface area contributed by atoms with Crippen LogP contribution >= 0.6 is 0 Å². The summed E-state index contributed by atoms with van der Waals surface area (Å²) in [5.74, 6) is 0.0663. The second kappa shape index (κ2) is 9.92. The lowest BCUT2D eigenvalue weighted by atomic mass is 9.97. The molecule has 0 aliphatic heterocycles. The largest absolute Gasteiger partial charge is 0.494 e. The van der Waals surface area contributed by atoms with E-state index in [1.165, 1.54) is 6.08 Å². The number of carbonyl (C=O) groups excluding carboxylic acids is 1. The second-order valence-electron chi connectivity index (χ2n) is 7.15. The number of ether oxygens (including phenoxy) is 2. The highest BCUT2D eigenvalue weighted by atomic mass is 16.5. The van der Waals surface area contributed by atoms with Gasteiger partial charge in [-0.15, -0.1) is 0 Å². The van der Waals surface area contributed by atoms with Gasteiger partial charge in [0.15, 0.2) is 5.78 Å². The fraction of sp³-hybridized carbons (Fsp3) is 0.333. The van der Waals surface area contributed by atoms with Crippen LogP contribution in [0.3, 0.4) is 0 Å². The number of ketones is 1. The van der Waals surface area contributed by atoms with E-state index in [4.69, 9.17) is 9.47 Å². The third-order valence-corrected chi connectivity index (χ3v) is 4.34. The Morgan fingerprint density at radius 3 is 2.34 bits per heavy atom. The molecule has 0 radical (unpaired) electrons. The molecule has 0 aliphatic carbocycles. The molecule has 0 aromatic heterocycles. The lowest BCUT2D eigenvalue weighted by Crippen LogP contribution is -2.12. The van der Waals surface area contributed by atoms with Crippen LogP contribution in [-0.4, -0.2) is 29.6 Å². The van der Waals surface area contributed by atoms with Crippen molar-refractivity contribution in [1.29, 1.82) is 0 Å². The van der Waals surface area contributed by atoms with E-state index in [1.807, 2.05) is 20.8 Å². The first-order valence-corrected chi connectivity index (χ1v) is 9.74. The number of carboxylic acids is 1. The minimum atomic E-state index is -0.995. The van der Waals surface area contributed by atoms with Crippen LogP contribution in [0.25, 0.3) is 6.08 Å². The van der Waals surface area contributed by atoms with Gasteiger partial charge in [-0.2, -0.15) is 0 Å². The van der Waals surface area contributed by atoms with Crippen LogP contribution in [0.2, 0.25) is 0 Å². The Balaban J connectivity index is 2.33. The number of benzene rings is 2. The maximum atomic E-state index is 12.6. The monoisotopic (exact) mass is 396 g/mol. The molecule has 2 aromatic rings. The van der Waals surface area contributed by atoms with Crippen LogP contribution in [0.4, 0.5) is 0 Å². The molecule has 0 spiro atoms. The molecule has 154 valence electrons. The highest BCUT2D eigenvalue weighted by Crippen LogP contribution is 2.31. The number of allylic oxidation sites excluding steroid dienone is 1. The molecular formula is C24H28O5. The zero-order valence-electron chi connectivity index (χ0n) is 17.6. The van der Waals surface area contributed by atoms with Gasteiger partial charge in [-0.1, -0.05) is 6.92 Å². The molecule has 0 amide bonds. The second-order valence-corrected chi connectivity index (χ2v) is 7.15. The van der Waals surface area contributed by atoms with Gasteiger partial charge in [0.25, 0.3) is 0 Å². The minimum absolute atomic E-state index is 0.128. The smallest absolute Gasteiger partial charge is 0.336 e. The molecular weight excluding hydrogens is 368 g/mol. The summed E-state index contributed by atoms with van der Waals surface area (Å²) in [4.78, 5) is 24.2. The van der Waals surface area contributed by atoms with E-state index >= 15 is 0 Å². The van der Waals surface area contributed by atoms with Gasteiger partial charge in [0.1, 0.15) is 11.5 Å². The van der Waals surface area contributed by atoms with E-state index in [1.54, 1.807) is 50.3 Å². The normalized spacial score (nSPS) is 11.1. The summed E-state index contributed by atoms with van der Waals surface area (Å²) < 4.78 is 11.4. The van der Waals surface area contributed by atoms with Gasteiger partial charge in [-0.3, -0.25) is 4.79 Å². The van der Waals surface area contributed by atoms with E-state index in [-0.39, 0.29) is 17.5 Å². The molecule has 2 rings (SSSR count). The summed E-state index contributed by atoms with van der Waals surface area (Å²) >= 11 is 0.